The van der Waals surface area contributed by atoms with Crippen molar-refractivity contribution >= 4 is 6.08 Å². The van der Waals surface area contributed by atoms with Crippen molar-refractivity contribution < 1.29 is 14.2 Å². The Balaban J connectivity index is 2.04. The van der Waals surface area contributed by atoms with E-state index >= 15 is 0 Å². The van der Waals surface area contributed by atoms with Gasteiger partial charge in [0.25, 0.3) is 5.97 Å². The molecule has 3 nitrogen and oxygen atoms in total. The van der Waals surface area contributed by atoms with E-state index in [0.29, 0.717) is 5.92 Å². The van der Waals surface area contributed by atoms with Gasteiger partial charge in [-0.15, -0.1) is 0 Å². The van der Waals surface area contributed by atoms with Gasteiger partial charge in [-0.1, -0.05) is 81.5 Å². The fourth-order valence-electron chi connectivity index (χ4n) is 3.01. The van der Waals surface area contributed by atoms with Gasteiger partial charge in [-0.2, -0.15) is 0 Å². The van der Waals surface area contributed by atoms with Crippen molar-refractivity contribution in [1.29, 1.82) is 0 Å². The van der Waals surface area contributed by atoms with Crippen molar-refractivity contribution in [2.24, 2.45) is 5.92 Å². The number of unbranched alkanes of at least 4 members (excludes halogenated alkanes) is 5. The summed E-state index contributed by atoms with van der Waals surface area (Å²) in [6.07, 6.45) is 14.0. The Bertz CT molecular complexity index is 443. The molecule has 0 saturated heterocycles. The van der Waals surface area contributed by atoms with Crippen molar-refractivity contribution in [2.75, 3.05) is 21.3 Å². The minimum atomic E-state index is -0.861. The van der Waals surface area contributed by atoms with Crippen LogP contribution in [0.5, 0.6) is 0 Å². The first-order valence-corrected chi connectivity index (χ1v) is 9.54. The minimum Gasteiger partial charge on any atom is -0.331 e. The molecule has 0 aliphatic rings. The van der Waals surface area contributed by atoms with Crippen LogP contribution in [0.3, 0.4) is 0 Å². The van der Waals surface area contributed by atoms with E-state index in [9.17, 15) is 0 Å². The summed E-state index contributed by atoms with van der Waals surface area (Å²) in [4.78, 5) is 0. The molecule has 1 aromatic carbocycles. The standard InChI is InChI=1S/C22H36O3/c1-20(17-18-21-15-11-9-12-16-21)14-10-7-5-6-8-13-19-22(23-2,24-3)25-4/h9,11-12,15-18,20H,5-8,10,13-14,19H2,1-4H3. The summed E-state index contributed by atoms with van der Waals surface area (Å²) in [6, 6.07) is 10.5. The monoisotopic (exact) mass is 348 g/mol. The van der Waals surface area contributed by atoms with E-state index in [1.165, 1.54) is 44.1 Å². The summed E-state index contributed by atoms with van der Waals surface area (Å²) in [5.41, 5.74) is 1.29. The number of ether oxygens (including phenoxy) is 3. The lowest BCUT2D eigenvalue weighted by molar-refractivity contribution is -0.355. The Hall–Kier alpha value is -1.16. The molecule has 0 heterocycles. The Morgan fingerprint density at radius 2 is 1.40 bits per heavy atom. The summed E-state index contributed by atoms with van der Waals surface area (Å²) in [5, 5.41) is 0. The predicted molar refractivity (Wildman–Crippen MR) is 105 cm³/mol. The number of benzene rings is 1. The third-order valence-corrected chi connectivity index (χ3v) is 4.74. The van der Waals surface area contributed by atoms with E-state index in [-0.39, 0.29) is 0 Å². The largest absolute Gasteiger partial charge is 0.331 e. The second-order valence-corrected chi connectivity index (χ2v) is 6.70. The van der Waals surface area contributed by atoms with Crippen LogP contribution in [-0.4, -0.2) is 27.3 Å². The Labute approximate surface area is 154 Å². The average Bonchev–Trinajstić information content (AvgIpc) is 2.66. The number of methoxy groups -OCH3 is 3. The second kappa shape index (κ2) is 13.1. The molecule has 25 heavy (non-hydrogen) atoms. The molecule has 1 unspecified atom stereocenters. The summed E-state index contributed by atoms with van der Waals surface area (Å²) < 4.78 is 15.9. The molecule has 0 amide bonds. The van der Waals surface area contributed by atoms with Gasteiger partial charge in [-0.25, -0.2) is 0 Å². The van der Waals surface area contributed by atoms with E-state index in [1.54, 1.807) is 21.3 Å². The van der Waals surface area contributed by atoms with Crippen LogP contribution in [-0.2, 0) is 14.2 Å². The highest BCUT2D eigenvalue weighted by molar-refractivity contribution is 5.48. The molecule has 0 bridgehead atoms. The van der Waals surface area contributed by atoms with Gasteiger partial charge in [0, 0.05) is 27.8 Å². The minimum absolute atomic E-state index is 0.644. The van der Waals surface area contributed by atoms with E-state index in [4.69, 9.17) is 14.2 Å². The lowest BCUT2D eigenvalue weighted by atomic mass is 10.0. The molecule has 0 saturated carbocycles. The quantitative estimate of drug-likeness (QED) is 0.302. The number of hydrogen-bond acceptors (Lipinski definition) is 3. The van der Waals surface area contributed by atoms with Crippen LogP contribution in [0.1, 0.15) is 63.9 Å². The lowest BCUT2D eigenvalue weighted by Gasteiger charge is -2.28. The summed E-state index contributed by atoms with van der Waals surface area (Å²) in [6.45, 7) is 2.30. The van der Waals surface area contributed by atoms with Crippen LogP contribution < -0.4 is 0 Å². The van der Waals surface area contributed by atoms with Gasteiger partial charge in [-0.05, 0) is 24.3 Å². The molecule has 1 aromatic rings. The van der Waals surface area contributed by atoms with Gasteiger partial charge in [0.1, 0.15) is 0 Å². The molecule has 0 N–H and O–H groups in total. The zero-order valence-electron chi connectivity index (χ0n) is 16.5. The number of hydrogen-bond donors (Lipinski definition) is 0. The molecular formula is C22H36O3. The SMILES string of the molecule is COC(CCCCCCCCC(C)C=Cc1ccccc1)(OC)OC. The topological polar surface area (TPSA) is 27.7 Å². The molecule has 0 aliphatic heterocycles. The predicted octanol–water partition coefficient (Wildman–Crippen LogP) is 6.05. The maximum Gasteiger partial charge on any atom is 0.282 e. The maximum atomic E-state index is 5.31. The first-order valence-electron chi connectivity index (χ1n) is 9.54. The number of rotatable bonds is 14. The Morgan fingerprint density at radius 3 is 2.00 bits per heavy atom. The molecule has 0 aliphatic carbocycles. The molecule has 0 spiro atoms. The van der Waals surface area contributed by atoms with Gasteiger partial charge in [0.2, 0.25) is 0 Å². The molecule has 3 heteroatoms. The van der Waals surface area contributed by atoms with Crippen LogP contribution in [0.2, 0.25) is 0 Å². The summed E-state index contributed by atoms with van der Waals surface area (Å²) in [5.74, 6) is -0.216. The Kier molecular flexibility index (Phi) is 11.5. The van der Waals surface area contributed by atoms with Gasteiger partial charge >= 0.3 is 0 Å². The van der Waals surface area contributed by atoms with Crippen LogP contribution in [0.4, 0.5) is 0 Å². The third kappa shape index (κ3) is 9.20. The van der Waals surface area contributed by atoms with Crippen LogP contribution >= 0.6 is 0 Å². The van der Waals surface area contributed by atoms with Crippen LogP contribution in [0, 0.1) is 5.92 Å². The van der Waals surface area contributed by atoms with Crippen molar-refractivity contribution in [3.8, 4) is 0 Å². The average molecular weight is 349 g/mol. The fourth-order valence-corrected chi connectivity index (χ4v) is 3.01. The van der Waals surface area contributed by atoms with Gasteiger partial charge in [-0.3, -0.25) is 0 Å². The molecule has 0 aromatic heterocycles. The third-order valence-electron chi connectivity index (χ3n) is 4.74. The molecule has 0 fully saturated rings. The molecule has 142 valence electrons. The van der Waals surface area contributed by atoms with Crippen LogP contribution in [0.25, 0.3) is 6.08 Å². The van der Waals surface area contributed by atoms with Crippen molar-refractivity contribution in [3.05, 3.63) is 42.0 Å². The first kappa shape index (κ1) is 21.9. The molecule has 1 atom stereocenters. The van der Waals surface area contributed by atoms with Crippen molar-refractivity contribution in [1.82, 2.24) is 0 Å². The van der Waals surface area contributed by atoms with E-state index in [1.807, 2.05) is 0 Å². The summed E-state index contributed by atoms with van der Waals surface area (Å²) >= 11 is 0. The molecule has 1 rings (SSSR count). The van der Waals surface area contributed by atoms with E-state index in [2.05, 4.69) is 49.4 Å². The van der Waals surface area contributed by atoms with E-state index in [0.717, 1.165) is 12.8 Å². The Morgan fingerprint density at radius 1 is 0.840 bits per heavy atom. The van der Waals surface area contributed by atoms with Gasteiger partial charge < -0.3 is 14.2 Å². The zero-order valence-corrected chi connectivity index (χ0v) is 16.5. The van der Waals surface area contributed by atoms with Crippen molar-refractivity contribution in [3.63, 3.8) is 0 Å². The van der Waals surface area contributed by atoms with Crippen molar-refractivity contribution in [2.45, 2.75) is 64.3 Å². The molecule has 0 radical (unpaired) electrons. The van der Waals surface area contributed by atoms with Crippen LogP contribution in [0.15, 0.2) is 36.4 Å². The highest BCUT2D eigenvalue weighted by atomic mass is 16.9. The molecular weight excluding hydrogens is 312 g/mol. The smallest absolute Gasteiger partial charge is 0.282 e. The van der Waals surface area contributed by atoms with E-state index < -0.39 is 5.97 Å². The number of allylic oxidation sites excluding steroid dienone is 1. The fraction of sp³-hybridized carbons (Fsp3) is 0.636. The highest BCUT2D eigenvalue weighted by Crippen LogP contribution is 2.21. The zero-order chi connectivity index (χ0) is 18.4. The second-order valence-electron chi connectivity index (χ2n) is 6.70. The summed E-state index contributed by atoms with van der Waals surface area (Å²) in [7, 11) is 4.88. The highest BCUT2D eigenvalue weighted by Gasteiger charge is 2.28. The first-order chi connectivity index (χ1) is 12.2. The van der Waals surface area contributed by atoms with Gasteiger partial charge in [0.15, 0.2) is 0 Å². The normalized spacial score (nSPS) is 13.4. The van der Waals surface area contributed by atoms with Gasteiger partial charge in [0.05, 0.1) is 0 Å². The maximum absolute atomic E-state index is 5.31. The lowest BCUT2D eigenvalue weighted by Crippen LogP contribution is -2.35.